The highest BCUT2D eigenvalue weighted by Gasteiger charge is 2.31. The molecule has 0 aliphatic carbocycles. The van der Waals surface area contributed by atoms with E-state index in [4.69, 9.17) is 14.2 Å². The van der Waals surface area contributed by atoms with Gasteiger partial charge in [0, 0.05) is 17.2 Å². The van der Waals surface area contributed by atoms with Crippen LogP contribution in [0.2, 0.25) is 0 Å². The van der Waals surface area contributed by atoms with E-state index in [0.29, 0.717) is 16.9 Å². The van der Waals surface area contributed by atoms with Gasteiger partial charge >= 0.3 is 11.9 Å². The highest BCUT2D eigenvalue weighted by molar-refractivity contribution is 5.99. The second kappa shape index (κ2) is 5.70. The maximum absolute atomic E-state index is 12.5. The molecule has 25 heavy (non-hydrogen) atoms. The molecule has 2 aromatic carbocycles. The maximum Gasteiger partial charge on any atom is 0.347 e. The van der Waals surface area contributed by atoms with Crippen LogP contribution in [-0.4, -0.2) is 29.3 Å². The summed E-state index contributed by atoms with van der Waals surface area (Å²) in [5.74, 6) is -1.67. The van der Waals surface area contributed by atoms with Gasteiger partial charge in [0.2, 0.25) is 0 Å². The lowest BCUT2D eigenvalue weighted by Crippen LogP contribution is -2.10. The average Bonchev–Trinajstić information content (AvgIpc) is 2.67. The molecule has 0 aromatic heterocycles. The lowest BCUT2D eigenvalue weighted by molar-refractivity contribution is 0.0692. The Labute approximate surface area is 143 Å². The lowest BCUT2D eigenvalue weighted by Gasteiger charge is -2.16. The summed E-state index contributed by atoms with van der Waals surface area (Å²) in [6.07, 6.45) is 0. The fourth-order valence-electron chi connectivity index (χ4n) is 2.93. The van der Waals surface area contributed by atoms with Gasteiger partial charge in [0.15, 0.2) is 11.5 Å². The van der Waals surface area contributed by atoms with Gasteiger partial charge in [-0.05, 0) is 32.4 Å². The molecule has 2 aromatic rings. The third-order valence-corrected chi connectivity index (χ3v) is 4.19. The van der Waals surface area contributed by atoms with Gasteiger partial charge in [0.1, 0.15) is 28.4 Å². The number of carboxylic acids is 1. The highest BCUT2D eigenvalue weighted by atomic mass is 16.6. The van der Waals surface area contributed by atoms with Gasteiger partial charge in [-0.3, -0.25) is 0 Å². The number of fused-ring (bicyclic) bond motifs is 2. The highest BCUT2D eigenvalue weighted by Crippen LogP contribution is 2.47. The minimum Gasteiger partial charge on any atom is -0.507 e. The fraction of sp³-hybridized carbons (Fsp3) is 0.222. The first-order valence-electron chi connectivity index (χ1n) is 7.44. The Balaban J connectivity index is 2.32. The first-order valence-corrected chi connectivity index (χ1v) is 7.44. The van der Waals surface area contributed by atoms with E-state index < -0.39 is 17.7 Å². The Kier molecular flexibility index (Phi) is 3.79. The fourth-order valence-corrected chi connectivity index (χ4v) is 2.93. The Morgan fingerprint density at radius 1 is 1.08 bits per heavy atom. The Morgan fingerprint density at radius 2 is 1.76 bits per heavy atom. The second-order valence-corrected chi connectivity index (χ2v) is 5.74. The van der Waals surface area contributed by atoms with E-state index in [1.807, 2.05) is 0 Å². The van der Waals surface area contributed by atoms with Crippen LogP contribution < -0.4 is 14.2 Å². The largest absolute Gasteiger partial charge is 0.507 e. The van der Waals surface area contributed by atoms with Crippen molar-refractivity contribution < 1.29 is 34.0 Å². The number of rotatable bonds is 2. The predicted molar refractivity (Wildman–Crippen MR) is 87.3 cm³/mol. The first-order chi connectivity index (χ1) is 11.8. The maximum atomic E-state index is 12.5. The molecule has 0 saturated carbocycles. The average molecular weight is 344 g/mol. The number of esters is 1. The van der Waals surface area contributed by atoms with E-state index in [-0.39, 0.29) is 33.9 Å². The summed E-state index contributed by atoms with van der Waals surface area (Å²) < 4.78 is 16.5. The predicted octanol–water partition coefficient (Wildman–Crippen LogP) is 3.35. The zero-order valence-corrected chi connectivity index (χ0v) is 14.1. The SMILES string of the molecule is COc1cc(C)c2c(c1C)Oc1c(cc(O)c(C(=O)O)c1C)OC2=O. The molecule has 0 spiro atoms. The number of aromatic carboxylic acids is 1. The minimum atomic E-state index is -1.31. The molecule has 130 valence electrons. The zero-order chi connectivity index (χ0) is 18.5. The third-order valence-electron chi connectivity index (χ3n) is 4.19. The van der Waals surface area contributed by atoms with E-state index in [1.54, 1.807) is 19.9 Å². The Bertz CT molecular complexity index is 928. The van der Waals surface area contributed by atoms with Gasteiger partial charge < -0.3 is 24.4 Å². The van der Waals surface area contributed by atoms with Gasteiger partial charge in [0.05, 0.1) is 7.11 Å². The molecule has 2 N–H and O–H groups in total. The van der Waals surface area contributed by atoms with Gasteiger partial charge in [-0.1, -0.05) is 0 Å². The molecule has 1 heterocycles. The van der Waals surface area contributed by atoms with Crippen LogP contribution in [0.3, 0.4) is 0 Å². The molecule has 1 aliphatic heterocycles. The van der Waals surface area contributed by atoms with Crippen LogP contribution in [0, 0.1) is 20.8 Å². The van der Waals surface area contributed by atoms with Crippen LogP contribution in [0.4, 0.5) is 0 Å². The van der Waals surface area contributed by atoms with Crippen molar-refractivity contribution in [1.82, 2.24) is 0 Å². The van der Waals surface area contributed by atoms with E-state index >= 15 is 0 Å². The normalized spacial score (nSPS) is 12.4. The van der Waals surface area contributed by atoms with Crippen LogP contribution in [-0.2, 0) is 0 Å². The molecule has 1 aliphatic rings. The summed E-state index contributed by atoms with van der Waals surface area (Å²) in [7, 11) is 1.50. The van der Waals surface area contributed by atoms with Gasteiger partial charge in [0.25, 0.3) is 0 Å². The van der Waals surface area contributed by atoms with E-state index in [0.717, 1.165) is 6.07 Å². The van der Waals surface area contributed by atoms with Crippen LogP contribution in [0.25, 0.3) is 0 Å². The second-order valence-electron chi connectivity index (χ2n) is 5.74. The van der Waals surface area contributed by atoms with Crippen molar-refractivity contribution in [3.05, 3.63) is 39.9 Å². The van der Waals surface area contributed by atoms with Crippen molar-refractivity contribution in [2.45, 2.75) is 20.8 Å². The van der Waals surface area contributed by atoms with Gasteiger partial charge in [-0.15, -0.1) is 0 Å². The number of carboxylic acid groups (broad SMARTS) is 1. The summed E-state index contributed by atoms with van der Waals surface area (Å²) in [6.45, 7) is 4.92. The molecule has 0 saturated heterocycles. The van der Waals surface area contributed by atoms with Crippen molar-refractivity contribution >= 4 is 11.9 Å². The number of hydrogen-bond donors (Lipinski definition) is 2. The molecule has 0 amide bonds. The number of ether oxygens (including phenoxy) is 3. The lowest BCUT2D eigenvalue weighted by atomic mass is 10.0. The number of hydrogen-bond acceptors (Lipinski definition) is 6. The van der Waals surface area contributed by atoms with Gasteiger partial charge in [-0.25, -0.2) is 9.59 Å². The summed E-state index contributed by atoms with van der Waals surface area (Å²) >= 11 is 0. The quantitative estimate of drug-likeness (QED) is 0.636. The molecule has 3 rings (SSSR count). The molecular formula is C18H16O7. The number of aryl methyl sites for hydroxylation is 1. The molecule has 7 heteroatoms. The van der Waals surface area contributed by atoms with Gasteiger partial charge in [-0.2, -0.15) is 0 Å². The molecule has 7 nitrogen and oxygen atoms in total. The first kappa shape index (κ1) is 16.6. The third kappa shape index (κ3) is 2.44. The van der Waals surface area contributed by atoms with E-state index in [1.165, 1.54) is 14.0 Å². The van der Waals surface area contributed by atoms with Crippen LogP contribution in [0.15, 0.2) is 12.1 Å². The Hall–Kier alpha value is -3.22. The summed E-state index contributed by atoms with van der Waals surface area (Å²) in [5, 5.41) is 19.3. The summed E-state index contributed by atoms with van der Waals surface area (Å²) in [5.41, 5.74) is 1.25. The van der Waals surface area contributed by atoms with Crippen LogP contribution >= 0.6 is 0 Å². The molecule has 0 fully saturated rings. The smallest absolute Gasteiger partial charge is 0.347 e. The molecule has 0 radical (unpaired) electrons. The molecular weight excluding hydrogens is 328 g/mol. The number of aromatic hydroxyl groups is 1. The topological polar surface area (TPSA) is 102 Å². The monoisotopic (exact) mass is 344 g/mol. The van der Waals surface area contributed by atoms with Crippen molar-refractivity contribution in [1.29, 1.82) is 0 Å². The summed E-state index contributed by atoms with van der Waals surface area (Å²) in [4.78, 5) is 23.9. The Morgan fingerprint density at radius 3 is 2.36 bits per heavy atom. The number of phenols is 1. The van der Waals surface area contributed by atoms with E-state index in [9.17, 15) is 19.8 Å². The standard InChI is InChI=1S/C18H16O7/c1-7-5-11(23-4)8(2)16-13(7)18(22)24-12-6-10(19)14(17(20)21)9(3)15(12)25-16/h5-6,19H,1-4H3,(H,20,21). The number of methoxy groups -OCH3 is 1. The van der Waals surface area contributed by atoms with E-state index in [2.05, 4.69) is 0 Å². The molecule has 0 unspecified atom stereocenters. The number of carbonyl (C=O) groups is 2. The minimum absolute atomic E-state index is 0.0426. The molecule has 0 atom stereocenters. The van der Waals surface area contributed by atoms with Crippen molar-refractivity contribution in [3.8, 4) is 28.7 Å². The van der Waals surface area contributed by atoms with Crippen molar-refractivity contribution in [3.63, 3.8) is 0 Å². The number of benzene rings is 2. The zero-order valence-electron chi connectivity index (χ0n) is 14.1. The van der Waals surface area contributed by atoms with Crippen LogP contribution in [0.5, 0.6) is 28.7 Å². The number of carbonyl (C=O) groups excluding carboxylic acids is 1. The van der Waals surface area contributed by atoms with Crippen molar-refractivity contribution in [2.75, 3.05) is 7.11 Å². The van der Waals surface area contributed by atoms with Crippen molar-refractivity contribution in [2.24, 2.45) is 0 Å². The summed E-state index contributed by atoms with van der Waals surface area (Å²) in [6, 6.07) is 2.76. The van der Waals surface area contributed by atoms with Crippen LogP contribution in [0.1, 0.15) is 37.4 Å². The molecule has 0 bridgehead atoms.